The zero-order valence-electron chi connectivity index (χ0n) is 17.3. The van der Waals surface area contributed by atoms with Crippen LogP contribution in [0.5, 0.6) is 5.75 Å². The second-order valence-corrected chi connectivity index (χ2v) is 9.05. The lowest BCUT2D eigenvalue weighted by molar-refractivity contribution is -0.121. The van der Waals surface area contributed by atoms with Gasteiger partial charge in [-0.1, -0.05) is 48.5 Å². The van der Waals surface area contributed by atoms with Crippen LogP contribution in [0.2, 0.25) is 0 Å². The van der Waals surface area contributed by atoms with Gasteiger partial charge in [0.1, 0.15) is 18.4 Å². The number of hydrogen-bond donors (Lipinski definition) is 1. The number of carbonyl (C=O) groups is 1. The lowest BCUT2D eigenvalue weighted by Crippen LogP contribution is -2.48. The molecule has 1 N–H and O–H groups in total. The van der Waals surface area contributed by atoms with Gasteiger partial charge in [0.2, 0.25) is 15.9 Å². The summed E-state index contributed by atoms with van der Waals surface area (Å²) < 4.78 is 31.7. The van der Waals surface area contributed by atoms with Crippen molar-refractivity contribution in [2.24, 2.45) is 0 Å². The summed E-state index contributed by atoms with van der Waals surface area (Å²) in [5, 5.41) is 4.85. The number of nitrogens with one attached hydrogen (secondary N) is 1. The Labute approximate surface area is 177 Å². The molecule has 1 amide bonds. The minimum absolute atomic E-state index is 0.262. The first-order chi connectivity index (χ1) is 14.3. The highest BCUT2D eigenvalue weighted by Crippen LogP contribution is 2.25. The first-order valence-electron chi connectivity index (χ1n) is 9.72. The molecule has 1 atom stereocenters. The van der Waals surface area contributed by atoms with E-state index in [2.05, 4.69) is 5.32 Å². The van der Waals surface area contributed by atoms with E-state index in [-0.39, 0.29) is 19.1 Å². The molecule has 0 fully saturated rings. The van der Waals surface area contributed by atoms with Gasteiger partial charge in [-0.25, -0.2) is 8.42 Å². The SMILES string of the molecule is Cc1cccc(N([C@@H](C)C(=O)NCCOc2cccc3ccccc23)S(C)(=O)=O)c1. The maximum absolute atomic E-state index is 12.6. The van der Waals surface area contributed by atoms with E-state index in [1.807, 2.05) is 55.5 Å². The molecule has 7 heteroatoms. The molecule has 0 aromatic heterocycles. The zero-order chi connectivity index (χ0) is 21.7. The number of benzene rings is 3. The van der Waals surface area contributed by atoms with E-state index in [4.69, 9.17) is 4.74 Å². The van der Waals surface area contributed by atoms with Crippen LogP contribution in [0.1, 0.15) is 12.5 Å². The summed E-state index contributed by atoms with van der Waals surface area (Å²) in [5.74, 6) is 0.358. The summed E-state index contributed by atoms with van der Waals surface area (Å²) in [7, 11) is -3.64. The number of hydrogen-bond acceptors (Lipinski definition) is 4. The van der Waals surface area contributed by atoms with Crippen LogP contribution in [0.4, 0.5) is 5.69 Å². The minimum atomic E-state index is -3.64. The fraction of sp³-hybridized carbons (Fsp3) is 0.261. The Hall–Kier alpha value is -3.06. The highest BCUT2D eigenvalue weighted by molar-refractivity contribution is 7.92. The van der Waals surface area contributed by atoms with E-state index < -0.39 is 16.1 Å². The highest BCUT2D eigenvalue weighted by Gasteiger charge is 2.28. The number of amides is 1. The Kier molecular flexibility index (Phi) is 6.62. The van der Waals surface area contributed by atoms with Crippen molar-refractivity contribution in [2.75, 3.05) is 23.7 Å². The number of rotatable bonds is 8. The minimum Gasteiger partial charge on any atom is -0.491 e. The average Bonchev–Trinajstić information content (AvgIpc) is 2.70. The summed E-state index contributed by atoms with van der Waals surface area (Å²) in [6.07, 6.45) is 1.10. The standard InChI is InChI=1S/C23H26N2O4S/c1-17-8-6-11-20(16-17)25(30(3,27)28)18(2)23(26)24-14-15-29-22-13-7-10-19-9-4-5-12-21(19)22/h4-13,16,18H,14-15H2,1-3H3,(H,24,26)/t18-/m0/s1. The largest absolute Gasteiger partial charge is 0.491 e. The Balaban J connectivity index is 1.63. The molecule has 30 heavy (non-hydrogen) atoms. The number of anilines is 1. The second-order valence-electron chi connectivity index (χ2n) is 7.19. The maximum atomic E-state index is 12.6. The monoisotopic (exact) mass is 426 g/mol. The average molecular weight is 427 g/mol. The first-order valence-corrected chi connectivity index (χ1v) is 11.6. The van der Waals surface area contributed by atoms with Gasteiger partial charge in [-0.05, 0) is 43.0 Å². The van der Waals surface area contributed by atoms with E-state index in [0.717, 1.165) is 32.6 Å². The molecule has 0 saturated heterocycles. The summed E-state index contributed by atoms with van der Waals surface area (Å²) in [4.78, 5) is 12.6. The molecule has 0 aliphatic carbocycles. The number of ether oxygens (including phenoxy) is 1. The van der Waals surface area contributed by atoms with Gasteiger partial charge >= 0.3 is 0 Å². The summed E-state index contributed by atoms with van der Waals surface area (Å²) in [6.45, 7) is 3.98. The molecule has 0 saturated carbocycles. The quantitative estimate of drug-likeness (QED) is 0.560. The Bertz CT molecular complexity index is 1140. The molecule has 6 nitrogen and oxygen atoms in total. The molecular formula is C23H26N2O4S. The molecule has 3 aromatic rings. The lowest BCUT2D eigenvalue weighted by atomic mass is 10.1. The van der Waals surface area contributed by atoms with Gasteiger partial charge < -0.3 is 10.1 Å². The fourth-order valence-electron chi connectivity index (χ4n) is 3.38. The van der Waals surface area contributed by atoms with Crippen molar-refractivity contribution in [3.8, 4) is 5.75 Å². The van der Waals surface area contributed by atoms with Gasteiger partial charge in [-0.15, -0.1) is 0 Å². The van der Waals surface area contributed by atoms with E-state index in [1.165, 1.54) is 0 Å². The van der Waals surface area contributed by atoms with Crippen LogP contribution >= 0.6 is 0 Å². The number of aryl methyl sites for hydroxylation is 1. The Morgan fingerprint density at radius 3 is 2.50 bits per heavy atom. The van der Waals surface area contributed by atoms with Gasteiger partial charge in [-0.3, -0.25) is 9.10 Å². The first kappa shape index (κ1) is 21.6. The molecule has 0 unspecified atom stereocenters. The molecule has 0 aliphatic rings. The van der Waals surface area contributed by atoms with Crippen molar-refractivity contribution in [1.82, 2.24) is 5.32 Å². The number of fused-ring (bicyclic) bond motifs is 1. The molecule has 0 radical (unpaired) electrons. The smallest absolute Gasteiger partial charge is 0.243 e. The predicted octanol–water partition coefficient (Wildman–Crippen LogP) is 3.50. The van der Waals surface area contributed by atoms with Crippen molar-refractivity contribution in [2.45, 2.75) is 19.9 Å². The third-order valence-electron chi connectivity index (χ3n) is 4.75. The van der Waals surface area contributed by atoms with Crippen LogP contribution in [0.15, 0.2) is 66.7 Å². The van der Waals surface area contributed by atoms with Crippen LogP contribution < -0.4 is 14.4 Å². The molecule has 0 aliphatic heterocycles. The van der Waals surface area contributed by atoms with Crippen molar-refractivity contribution in [3.63, 3.8) is 0 Å². The topological polar surface area (TPSA) is 75.7 Å². The second kappa shape index (κ2) is 9.17. The van der Waals surface area contributed by atoms with Gasteiger partial charge in [0.05, 0.1) is 18.5 Å². The highest BCUT2D eigenvalue weighted by atomic mass is 32.2. The third-order valence-corrected chi connectivity index (χ3v) is 5.99. The molecule has 3 aromatic carbocycles. The number of carbonyl (C=O) groups excluding carboxylic acids is 1. The van der Waals surface area contributed by atoms with Crippen molar-refractivity contribution < 1.29 is 17.9 Å². The molecule has 158 valence electrons. The van der Waals surface area contributed by atoms with E-state index in [0.29, 0.717) is 5.69 Å². The summed E-state index contributed by atoms with van der Waals surface area (Å²) >= 11 is 0. The molecule has 0 heterocycles. The van der Waals surface area contributed by atoms with Crippen LogP contribution in [-0.4, -0.2) is 39.8 Å². The van der Waals surface area contributed by atoms with E-state index in [9.17, 15) is 13.2 Å². The summed E-state index contributed by atoms with van der Waals surface area (Å²) in [6, 6.07) is 19.9. The van der Waals surface area contributed by atoms with E-state index in [1.54, 1.807) is 25.1 Å². The number of sulfonamides is 1. The van der Waals surface area contributed by atoms with Crippen molar-refractivity contribution >= 4 is 32.4 Å². The maximum Gasteiger partial charge on any atom is 0.243 e. The Morgan fingerprint density at radius 2 is 1.77 bits per heavy atom. The molecule has 0 bridgehead atoms. The Morgan fingerprint density at radius 1 is 1.07 bits per heavy atom. The van der Waals surface area contributed by atoms with Gasteiger partial charge in [-0.2, -0.15) is 0 Å². The van der Waals surface area contributed by atoms with E-state index >= 15 is 0 Å². The molecular weight excluding hydrogens is 400 g/mol. The van der Waals surface area contributed by atoms with Crippen molar-refractivity contribution in [1.29, 1.82) is 0 Å². The molecule has 3 rings (SSSR count). The van der Waals surface area contributed by atoms with Crippen LogP contribution in [0.3, 0.4) is 0 Å². The predicted molar refractivity (Wildman–Crippen MR) is 120 cm³/mol. The van der Waals surface area contributed by atoms with Crippen LogP contribution in [0.25, 0.3) is 10.8 Å². The van der Waals surface area contributed by atoms with Gasteiger partial charge in [0.15, 0.2) is 0 Å². The van der Waals surface area contributed by atoms with Gasteiger partial charge in [0.25, 0.3) is 0 Å². The normalized spacial score (nSPS) is 12.4. The summed E-state index contributed by atoms with van der Waals surface area (Å²) in [5.41, 5.74) is 1.38. The number of nitrogens with zero attached hydrogens (tertiary/aromatic N) is 1. The fourth-order valence-corrected chi connectivity index (χ4v) is 4.55. The molecule has 0 spiro atoms. The van der Waals surface area contributed by atoms with Gasteiger partial charge in [0, 0.05) is 5.39 Å². The van der Waals surface area contributed by atoms with Crippen LogP contribution in [0, 0.1) is 6.92 Å². The zero-order valence-corrected chi connectivity index (χ0v) is 18.1. The van der Waals surface area contributed by atoms with Crippen LogP contribution in [-0.2, 0) is 14.8 Å². The lowest BCUT2D eigenvalue weighted by Gasteiger charge is -2.28. The third kappa shape index (κ3) is 5.10. The van der Waals surface area contributed by atoms with Crippen molar-refractivity contribution in [3.05, 3.63) is 72.3 Å².